The molecule has 5 heterocycles. The maximum Gasteiger partial charge on any atom is 0.280 e. The fraction of sp³-hybridized carbons (Fsp3) is 0.439. The molecule has 0 spiro atoms. The Hall–Kier alpha value is -7.59. The number of amides is 4. The number of aryl methyl sites for hydroxylation is 1. The minimum atomic E-state index is -0.653. The van der Waals surface area contributed by atoms with Crippen molar-refractivity contribution in [2.45, 2.75) is 125 Å². The number of hydrogen-bond donors (Lipinski definition) is 8. The van der Waals surface area contributed by atoms with Crippen LogP contribution in [0.2, 0.25) is 0 Å². The van der Waals surface area contributed by atoms with E-state index >= 15 is 0 Å². The largest absolute Gasteiger partial charge is 0.505 e. The molecular formula is C66H90FN11O8S3. The van der Waals surface area contributed by atoms with Gasteiger partial charge in [-0.05, 0) is 112 Å². The van der Waals surface area contributed by atoms with Gasteiger partial charge in [-0.15, -0.1) is 24.2 Å². The number of rotatable bonds is 18. The zero-order valence-electron chi connectivity index (χ0n) is 52.6. The first kappa shape index (κ1) is 75.7. The average Bonchev–Trinajstić information content (AvgIpc) is 1.63. The van der Waals surface area contributed by atoms with Crippen LogP contribution in [-0.2, 0) is 27.3 Å². The number of phenols is 1. The van der Waals surface area contributed by atoms with E-state index in [2.05, 4.69) is 82.6 Å². The zero-order chi connectivity index (χ0) is 66.0. The minimum Gasteiger partial charge on any atom is -0.505 e. The number of phenolic OH excluding ortho intramolecular Hbond substituents is 1. The van der Waals surface area contributed by atoms with Crippen molar-refractivity contribution < 1.29 is 43.7 Å². The fourth-order valence-electron chi connectivity index (χ4n) is 9.62. The molecule has 3 aromatic carbocycles. The van der Waals surface area contributed by atoms with E-state index in [1.54, 1.807) is 42.6 Å². The third-order valence-corrected chi connectivity index (χ3v) is 16.9. The van der Waals surface area contributed by atoms with Gasteiger partial charge in [-0.25, -0.2) is 19.3 Å². The van der Waals surface area contributed by atoms with Gasteiger partial charge in [0.05, 0.1) is 38.9 Å². The summed E-state index contributed by atoms with van der Waals surface area (Å²) in [5.41, 5.74) is 19.9. The number of carbonyl (C=O) groups is 5. The second-order valence-corrected chi connectivity index (χ2v) is 24.3. The van der Waals surface area contributed by atoms with Crippen molar-refractivity contribution in [3.05, 3.63) is 123 Å². The number of fused-ring (bicyclic) bond motifs is 2. The number of benzene rings is 3. The number of nitrogens with one attached hydrogen (secondary N) is 3. The standard InChI is InChI=1S/C38H45N7O2S2.C13H14FNO2S.C7H12N2O3.C4H10.C2H2.CH5N.CH2O/c1-3-4-21-48-44-37(47)35-28(30(22-39)25(2)40-23-26-11-6-5-7-12-26)17-18-34(42-35)45-20-19-27-13-10-14-29(31(27)24-45)36(46)43-38-41-32-15-8-9-16-33(32)49-38;1-7(5-16)9-3-4-10(11(14)12(9)17)13-8(2)15-6-18-13;10-5-8-3-7(12)9-2-1-6(11)4-9;1-4(2)3;3*1-2/h8-10,13-18,22,26H,3-7,11-12,19-21,23-24,39H2,1-2H3,(H,44,47)(H,41,43,46);3-4,6-7,16-17H,5H2,1-2H3;5-6,11H,1-4H2,(H,8,10);4H,1-3H3;1-2H;2H2,1H3;1H2/b30-22+,40-25?;;;;;;/t;7-;6-;;;;/m.01..../s1. The molecule has 19 nitrogen and oxygen atoms in total. The number of aliphatic imine (C=N–C) groups is 1. The highest BCUT2D eigenvalue weighted by atomic mass is 32.2. The molecule has 89 heavy (non-hydrogen) atoms. The summed E-state index contributed by atoms with van der Waals surface area (Å²) in [4.78, 5) is 79.3. The van der Waals surface area contributed by atoms with Crippen molar-refractivity contribution in [2.75, 3.05) is 62.3 Å². The molecule has 1 saturated heterocycles. The number of aliphatic hydroxyl groups excluding tert-OH is 2. The number of aliphatic hydroxyl groups is 2. The average molecular weight is 1280 g/mol. The lowest BCUT2D eigenvalue weighted by Crippen LogP contribution is -2.36. The number of halogens is 1. The third-order valence-electron chi connectivity index (χ3n) is 14.2. The van der Waals surface area contributed by atoms with Gasteiger partial charge >= 0.3 is 0 Å². The highest BCUT2D eigenvalue weighted by Crippen LogP contribution is 2.38. The smallest absolute Gasteiger partial charge is 0.280 e. The third kappa shape index (κ3) is 23.1. The molecule has 9 rings (SSSR count). The Morgan fingerprint density at radius 1 is 0.955 bits per heavy atom. The lowest BCUT2D eigenvalue weighted by Gasteiger charge is -2.31. The number of hydrogen-bond acceptors (Lipinski definition) is 18. The van der Waals surface area contributed by atoms with E-state index in [0.29, 0.717) is 88.7 Å². The maximum absolute atomic E-state index is 14.1. The van der Waals surface area contributed by atoms with Crippen molar-refractivity contribution in [2.24, 2.45) is 28.3 Å². The minimum absolute atomic E-state index is 0.0240. The molecule has 2 fully saturated rings. The van der Waals surface area contributed by atoms with Gasteiger partial charge in [0.15, 0.2) is 16.7 Å². The quantitative estimate of drug-likeness (QED) is 0.0131. The number of allylic oxidation sites excluding steroid dienone is 1. The second kappa shape index (κ2) is 40.9. The van der Waals surface area contributed by atoms with Crippen LogP contribution in [0.3, 0.4) is 0 Å². The van der Waals surface area contributed by atoms with E-state index < -0.39 is 11.9 Å². The predicted octanol–water partition coefficient (Wildman–Crippen LogP) is 10.7. The van der Waals surface area contributed by atoms with E-state index in [1.807, 2.05) is 62.2 Å². The number of likely N-dealkylation sites (tertiary alicyclic amines) is 1. The van der Waals surface area contributed by atoms with E-state index in [1.165, 1.54) is 73.8 Å². The number of terminal acetylenes is 1. The highest BCUT2D eigenvalue weighted by molar-refractivity contribution is 7.97. The van der Waals surface area contributed by atoms with Crippen LogP contribution in [-0.4, -0.2) is 130 Å². The van der Waals surface area contributed by atoms with Crippen molar-refractivity contribution >= 4 is 98.0 Å². The van der Waals surface area contributed by atoms with Crippen LogP contribution in [0.15, 0.2) is 83.4 Å². The summed E-state index contributed by atoms with van der Waals surface area (Å²) in [7, 11) is 1.50. The summed E-state index contributed by atoms with van der Waals surface area (Å²) in [6, 6.07) is 20.9. The first-order valence-corrected chi connectivity index (χ1v) is 32.4. The molecule has 23 heteroatoms. The van der Waals surface area contributed by atoms with E-state index in [9.17, 15) is 28.7 Å². The van der Waals surface area contributed by atoms with Gasteiger partial charge in [-0.1, -0.05) is 114 Å². The Morgan fingerprint density at radius 2 is 1.66 bits per heavy atom. The van der Waals surface area contributed by atoms with Crippen LogP contribution in [0.4, 0.5) is 15.3 Å². The Kier molecular flexibility index (Phi) is 34.7. The van der Waals surface area contributed by atoms with Gasteiger partial charge < -0.3 is 46.7 Å². The number of thiazole rings is 2. The monoisotopic (exact) mass is 1280 g/mol. The van der Waals surface area contributed by atoms with Crippen LogP contribution >= 0.6 is 34.6 Å². The zero-order valence-corrected chi connectivity index (χ0v) is 55.0. The molecule has 0 bridgehead atoms. The van der Waals surface area contributed by atoms with Crippen molar-refractivity contribution in [1.82, 2.24) is 29.9 Å². The Bertz CT molecular complexity index is 3220. The summed E-state index contributed by atoms with van der Waals surface area (Å²) >= 11 is 4.20. The number of β-amino-alcohol motifs (C(OH)–C–C–N with tert-alkyl or cyclic N) is 1. The summed E-state index contributed by atoms with van der Waals surface area (Å²) in [5, 5.41) is 33.9. The van der Waals surface area contributed by atoms with Crippen LogP contribution < -0.4 is 31.7 Å². The molecule has 482 valence electrons. The van der Waals surface area contributed by atoms with Gasteiger partial charge in [0.2, 0.25) is 12.3 Å². The van der Waals surface area contributed by atoms with Crippen LogP contribution in [0.5, 0.6) is 5.75 Å². The van der Waals surface area contributed by atoms with Gasteiger partial charge in [0, 0.05) is 90.7 Å². The van der Waals surface area contributed by atoms with Crippen LogP contribution in [0.25, 0.3) is 26.2 Å². The van der Waals surface area contributed by atoms with Crippen LogP contribution in [0, 0.1) is 37.4 Å². The van der Waals surface area contributed by atoms with Crippen molar-refractivity contribution in [3.8, 4) is 29.0 Å². The lowest BCUT2D eigenvalue weighted by molar-refractivity contribution is -0.130. The van der Waals surface area contributed by atoms with Crippen LogP contribution in [0.1, 0.15) is 148 Å². The number of carbonyl (C=O) groups excluding carboxylic acids is 5. The molecule has 6 aromatic rings. The van der Waals surface area contributed by atoms with E-state index in [0.717, 1.165) is 75.8 Å². The van der Waals surface area contributed by atoms with Gasteiger partial charge in [-0.2, -0.15) is 0 Å². The second-order valence-electron chi connectivity index (χ2n) is 21.5. The SMILES string of the molecule is C#C.C=O.CC(C)C.CCCCSNC(=O)c1nc(N2CCc3cccc(C(=O)Nc4nc5ccccc5s4)c3C2)ccc1/C(=C/N)C(C)=NCC1CCCCC1.CN.Cc1ncsc1-c1ccc([C@@H](C)CO)c(O)c1F.O=CNCC(=O)N1CC[C@@H](O)C1. The van der Waals surface area contributed by atoms with E-state index in [4.69, 9.17) is 30.7 Å². The molecule has 0 radical (unpaired) electrons. The first-order valence-electron chi connectivity index (χ1n) is 29.7. The Labute approximate surface area is 536 Å². The molecule has 1 aliphatic carbocycles. The van der Waals surface area contributed by atoms with Gasteiger partial charge in [-0.3, -0.25) is 34.2 Å². The summed E-state index contributed by atoms with van der Waals surface area (Å²) < 4.78 is 18.2. The number of pyridine rings is 1. The molecule has 4 amide bonds. The molecule has 1 saturated carbocycles. The number of para-hydroxylation sites is 1. The molecular weight excluding hydrogens is 1190 g/mol. The molecule has 3 aliphatic rings. The molecule has 2 atom stereocenters. The predicted molar refractivity (Wildman–Crippen MR) is 363 cm³/mol. The van der Waals surface area contributed by atoms with Crippen molar-refractivity contribution in [3.63, 3.8) is 0 Å². The lowest BCUT2D eigenvalue weighted by atomic mass is 9.89. The highest BCUT2D eigenvalue weighted by Gasteiger charge is 2.28. The number of nitrogens with two attached hydrogens (primary N) is 2. The summed E-state index contributed by atoms with van der Waals surface area (Å²) in [5.74, 6) is 1.00. The number of nitrogens with zero attached hydrogens (tertiary/aromatic N) is 6. The first-order chi connectivity index (χ1) is 43.0. The maximum atomic E-state index is 14.1. The Balaban J connectivity index is 0.000000419. The van der Waals surface area contributed by atoms with Crippen molar-refractivity contribution in [1.29, 1.82) is 0 Å². The fourth-order valence-corrected chi connectivity index (χ4v) is 12.1. The molecule has 3 aromatic heterocycles. The normalized spacial score (nSPS) is 14.8. The summed E-state index contributed by atoms with van der Waals surface area (Å²) in [6.07, 6.45) is 19.3. The molecule has 10 N–H and O–H groups in total. The number of unbranched alkanes of at least 4 members (excludes halogenated alkanes) is 1. The number of aromatic hydroxyl groups is 1. The van der Waals surface area contributed by atoms with Gasteiger partial charge in [0.1, 0.15) is 18.3 Å². The topological polar surface area (TPSA) is 292 Å². The van der Waals surface area contributed by atoms with Gasteiger partial charge in [0.25, 0.3) is 11.8 Å². The number of anilines is 2. The summed E-state index contributed by atoms with van der Waals surface area (Å²) in [6.45, 7) is 18.9. The molecule has 0 unspecified atom stereocenters. The van der Waals surface area contributed by atoms with E-state index in [-0.39, 0.29) is 42.5 Å². The Morgan fingerprint density at radius 3 is 2.28 bits per heavy atom. The molecule has 2 aliphatic heterocycles. The number of aromatic nitrogens is 3.